The Balaban J connectivity index is 3.90. The highest BCUT2D eigenvalue weighted by molar-refractivity contribution is 5.81. The predicted molar refractivity (Wildman–Crippen MR) is 39.8 cm³/mol. The zero-order valence-electron chi connectivity index (χ0n) is 6.37. The van der Waals surface area contributed by atoms with E-state index in [1.165, 1.54) is 0 Å². The van der Waals surface area contributed by atoms with E-state index in [2.05, 4.69) is 16.6 Å². The average molecular weight is 157 g/mol. The van der Waals surface area contributed by atoms with Crippen LogP contribution in [-0.4, -0.2) is 25.5 Å². The van der Waals surface area contributed by atoms with Gasteiger partial charge in [-0.2, -0.15) is 0 Å². The molecule has 0 aliphatic rings. The fourth-order valence-electron chi connectivity index (χ4n) is 0.628. The number of nitrogens with one attached hydrogen (secondary N) is 1. The molecule has 0 aromatic carbocycles. The number of rotatable bonds is 5. The summed E-state index contributed by atoms with van der Waals surface area (Å²) in [7, 11) is 1.61. The highest BCUT2D eigenvalue weighted by Crippen LogP contribution is 1.93. The third-order valence-electron chi connectivity index (χ3n) is 1.20. The smallest absolute Gasteiger partial charge is 0.330 e. The SMILES string of the molecule is C=CCC(NC)C(=O)OC=O. The molecule has 0 aliphatic carbocycles. The Morgan fingerprint density at radius 3 is 2.82 bits per heavy atom. The summed E-state index contributed by atoms with van der Waals surface area (Å²) >= 11 is 0. The third kappa shape index (κ3) is 3.52. The second-order valence-electron chi connectivity index (χ2n) is 1.90. The quantitative estimate of drug-likeness (QED) is 0.261. The van der Waals surface area contributed by atoms with Gasteiger partial charge >= 0.3 is 12.4 Å². The van der Waals surface area contributed by atoms with Gasteiger partial charge in [-0.25, -0.2) is 4.79 Å². The molecule has 4 heteroatoms. The van der Waals surface area contributed by atoms with Crippen molar-refractivity contribution in [3.63, 3.8) is 0 Å². The molecule has 0 bridgehead atoms. The lowest BCUT2D eigenvalue weighted by atomic mass is 10.2. The van der Waals surface area contributed by atoms with E-state index in [0.717, 1.165) is 0 Å². The van der Waals surface area contributed by atoms with Crippen LogP contribution in [0.25, 0.3) is 0 Å². The molecular weight excluding hydrogens is 146 g/mol. The van der Waals surface area contributed by atoms with Crippen LogP contribution in [0, 0.1) is 0 Å². The molecule has 0 fully saturated rings. The number of carbonyl (C=O) groups excluding carboxylic acids is 2. The van der Waals surface area contributed by atoms with Crippen LogP contribution in [0.2, 0.25) is 0 Å². The minimum absolute atomic E-state index is 0.121. The molecule has 0 radical (unpaired) electrons. The summed E-state index contributed by atoms with van der Waals surface area (Å²) in [5.41, 5.74) is 0. The van der Waals surface area contributed by atoms with Gasteiger partial charge in [-0.15, -0.1) is 6.58 Å². The van der Waals surface area contributed by atoms with Gasteiger partial charge in [0, 0.05) is 0 Å². The first-order valence-electron chi connectivity index (χ1n) is 3.18. The average Bonchev–Trinajstić information content (AvgIpc) is 2.00. The van der Waals surface area contributed by atoms with Crippen LogP contribution < -0.4 is 5.32 Å². The monoisotopic (exact) mass is 157 g/mol. The maximum atomic E-state index is 10.8. The molecule has 62 valence electrons. The second kappa shape index (κ2) is 5.61. The number of carbonyl (C=O) groups is 2. The van der Waals surface area contributed by atoms with Gasteiger partial charge in [-0.3, -0.25) is 4.79 Å². The van der Waals surface area contributed by atoms with Gasteiger partial charge < -0.3 is 10.1 Å². The summed E-state index contributed by atoms with van der Waals surface area (Å²) < 4.78 is 4.12. The van der Waals surface area contributed by atoms with Crippen molar-refractivity contribution >= 4 is 12.4 Å². The Hall–Kier alpha value is -1.16. The topological polar surface area (TPSA) is 55.4 Å². The lowest BCUT2D eigenvalue weighted by Crippen LogP contribution is -2.34. The molecule has 0 heterocycles. The van der Waals surface area contributed by atoms with Crippen molar-refractivity contribution in [2.45, 2.75) is 12.5 Å². The summed E-state index contributed by atoms with van der Waals surface area (Å²) in [6.45, 7) is 3.58. The van der Waals surface area contributed by atoms with E-state index in [-0.39, 0.29) is 6.47 Å². The van der Waals surface area contributed by atoms with Gasteiger partial charge in [-0.1, -0.05) is 6.08 Å². The van der Waals surface area contributed by atoms with Gasteiger partial charge in [0.15, 0.2) is 0 Å². The molecule has 0 spiro atoms. The van der Waals surface area contributed by atoms with E-state index >= 15 is 0 Å². The molecule has 0 saturated carbocycles. The molecule has 0 saturated heterocycles. The van der Waals surface area contributed by atoms with Crippen molar-refractivity contribution in [2.75, 3.05) is 7.05 Å². The maximum Gasteiger partial charge on any atom is 0.330 e. The molecule has 1 atom stereocenters. The summed E-state index contributed by atoms with van der Waals surface area (Å²) in [6.07, 6.45) is 2.02. The normalized spacial score (nSPS) is 11.7. The lowest BCUT2D eigenvalue weighted by Gasteiger charge is -2.08. The van der Waals surface area contributed by atoms with Gasteiger partial charge in [0.1, 0.15) is 6.04 Å². The zero-order valence-corrected chi connectivity index (χ0v) is 6.37. The highest BCUT2D eigenvalue weighted by atomic mass is 16.6. The van der Waals surface area contributed by atoms with Gasteiger partial charge in [0.05, 0.1) is 0 Å². The predicted octanol–water partition coefficient (Wildman–Crippen LogP) is -0.150. The van der Waals surface area contributed by atoms with E-state index in [9.17, 15) is 9.59 Å². The highest BCUT2D eigenvalue weighted by Gasteiger charge is 2.15. The largest absolute Gasteiger partial charge is 0.394 e. The molecule has 1 N–H and O–H groups in total. The minimum atomic E-state index is -0.581. The Labute approximate surface area is 65.2 Å². The Morgan fingerprint density at radius 1 is 1.82 bits per heavy atom. The summed E-state index contributed by atoms with van der Waals surface area (Å²) in [5, 5.41) is 2.68. The molecule has 1 unspecified atom stereocenters. The third-order valence-corrected chi connectivity index (χ3v) is 1.20. The number of ether oxygens (including phenoxy) is 1. The maximum absolute atomic E-state index is 10.8. The summed E-state index contributed by atoms with van der Waals surface area (Å²) in [4.78, 5) is 20.5. The van der Waals surface area contributed by atoms with Crippen molar-refractivity contribution in [2.24, 2.45) is 0 Å². The fraction of sp³-hybridized carbons (Fsp3) is 0.429. The van der Waals surface area contributed by atoms with Crippen molar-refractivity contribution < 1.29 is 14.3 Å². The Morgan fingerprint density at radius 2 is 2.45 bits per heavy atom. The van der Waals surface area contributed by atoms with Crippen molar-refractivity contribution in [1.29, 1.82) is 0 Å². The van der Waals surface area contributed by atoms with Crippen LogP contribution in [0.15, 0.2) is 12.7 Å². The van der Waals surface area contributed by atoms with Crippen LogP contribution >= 0.6 is 0 Å². The fourth-order valence-corrected chi connectivity index (χ4v) is 0.628. The van der Waals surface area contributed by atoms with Crippen molar-refractivity contribution in [3.05, 3.63) is 12.7 Å². The molecule has 0 aromatic heterocycles. The van der Waals surface area contributed by atoms with Crippen molar-refractivity contribution in [3.8, 4) is 0 Å². The Bertz CT molecular complexity index is 156. The Kier molecular flexibility index (Phi) is 5.02. The van der Waals surface area contributed by atoms with E-state index < -0.39 is 12.0 Å². The standard InChI is InChI=1S/C7H11NO3/c1-3-4-6(8-2)7(10)11-5-9/h3,5-6,8H,1,4H2,2H3. The van der Waals surface area contributed by atoms with Crippen molar-refractivity contribution in [1.82, 2.24) is 5.32 Å². The van der Waals surface area contributed by atoms with Gasteiger partial charge in [0.25, 0.3) is 0 Å². The van der Waals surface area contributed by atoms with E-state index in [1.54, 1.807) is 13.1 Å². The number of esters is 1. The number of hydrogen-bond donors (Lipinski definition) is 1. The number of hydrogen-bond acceptors (Lipinski definition) is 4. The van der Waals surface area contributed by atoms with E-state index in [0.29, 0.717) is 6.42 Å². The van der Waals surface area contributed by atoms with Crippen LogP contribution in [0.1, 0.15) is 6.42 Å². The first-order chi connectivity index (χ1) is 5.26. The van der Waals surface area contributed by atoms with Crippen LogP contribution in [-0.2, 0) is 14.3 Å². The molecule has 0 aromatic rings. The molecule has 0 amide bonds. The first-order valence-corrected chi connectivity index (χ1v) is 3.18. The second-order valence-corrected chi connectivity index (χ2v) is 1.90. The molecule has 4 nitrogen and oxygen atoms in total. The summed E-state index contributed by atoms with van der Waals surface area (Å²) in [5.74, 6) is -0.581. The van der Waals surface area contributed by atoms with Crippen LogP contribution in [0.3, 0.4) is 0 Å². The van der Waals surface area contributed by atoms with Gasteiger partial charge in [0.2, 0.25) is 0 Å². The van der Waals surface area contributed by atoms with E-state index in [1.807, 2.05) is 0 Å². The number of likely N-dealkylation sites (N-methyl/N-ethyl adjacent to an activating group) is 1. The zero-order chi connectivity index (χ0) is 8.69. The summed E-state index contributed by atoms with van der Waals surface area (Å²) in [6, 6.07) is -0.474. The van der Waals surface area contributed by atoms with Crippen LogP contribution in [0.5, 0.6) is 0 Å². The molecule has 0 rings (SSSR count). The van der Waals surface area contributed by atoms with E-state index in [4.69, 9.17) is 0 Å². The molecular formula is C7H11NO3. The van der Waals surface area contributed by atoms with Crippen LogP contribution in [0.4, 0.5) is 0 Å². The lowest BCUT2D eigenvalue weighted by molar-refractivity contribution is -0.153. The van der Waals surface area contributed by atoms with Gasteiger partial charge in [-0.05, 0) is 13.5 Å². The molecule has 11 heavy (non-hydrogen) atoms. The first kappa shape index (κ1) is 9.84. The molecule has 0 aliphatic heterocycles. The minimum Gasteiger partial charge on any atom is -0.394 e.